The number of fused-ring (bicyclic) bond motifs is 1. The number of carbonyl (C=O) groups is 1. The highest BCUT2D eigenvalue weighted by Gasteiger charge is 2.30. The van der Waals surface area contributed by atoms with Crippen molar-refractivity contribution in [2.75, 3.05) is 50.7 Å². The van der Waals surface area contributed by atoms with Crippen LogP contribution >= 0.6 is 0 Å². The number of aromatic nitrogens is 4. The fourth-order valence-electron chi connectivity index (χ4n) is 5.17. The van der Waals surface area contributed by atoms with Crippen molar-refractivity contribution in [2.45, 2.75) is 44.9 Å². The third kappa shape index (κ3) is 3.82. The van der Waals surface area contributed by atoms with E-state index in [2.05, 4.69) is 26.1 Å². The van der Waals surface area contributed by atoms with E-state index >= 15 is 0 Å². The Kier molecular flexibility index (Phi) is 5.11. The van der Waals surface area contributed by atoms with Crippen molar-refractivity contribution in [1.82, 2.24) is 29.6 Å². The SMILES string of the molecule is CC(=O)N1CCC(CN2CCC(c3nnc4ccc(N5CCCC5)nn34)CC2)C1. The molecule has 1 amide bonds. The van der Waals surface area contributed by atoms with Crippen LogP contribution in [0, 0.1) is 5.92 Å². The summed E-state index contributed by atoms with van der Waals surface area (Å²) in [5, 5.41) is 13.8. The molecule has 3 fully saturated rings. The molecule has 0 saturated carbocycles. The monoisotopic (exact) mass is 397 g/mol. The maximum Gasteiger partial charge on any atom is 0.219 e. The summed E-state index contributed by atoms with van der Waals surface area (Å²) in [5.74, 6) is 3.31. The maximum absolute atomic E-state index is 11.6. The largest absolute Gasteiger partial charge is 0.355 e. The summed E-state index contributed by atoms with van der Waals surface area (Å²) < 4.78 is 1.98. The van der Waals surface area contributed by atoms with Gasteiger partial charge >= 0.3 is 0 Å². The smallest absolute Gasteiger partial charge is 0.219 e. The van der Waals surface area contributed by atoms with E-state index in [1.54, 1.807) is 6.92 Å². The van der Waals surface area contributed by atoms with Crippen LogP contribution < -0.4 is 4.90 Å². The van der Waals surface area contributed by atoms with E-state index in [4.69, 9.17) is 5.10 Å². The molecule has 8 nitrogen and oxygen atoms in total. The molecule has 0 radical (unpaired) electrons. The zero-order valence-electron chi connectivity index (χ0n) is 17.3. The number of hydrogen-bond acceptors (Lipinski definition) is 6. The molecule has 0 aromatic carbocycles. The van der Waals surface area contributed by atoms with Gasteiger partial charge in [-0.3, -0.25) is 4.79 Å². The summed E-state index contributed by atoms with van der Waals surface area (Å²) in [5.41, 5.74) is 0.848. The third-order valence-electron chi connectivity index (χ3n) is 6.90. The molecular weight excluding hydrogens is 366 g/mol. The van der Waals surface area contributed by atoms with Gasteiger partial charge < -0.3 is 14.7 Å². The van der Waals surface area contributed by atoms with Crippen LogP contribution in [-0.4, -0.2) is 81.3 Å². The summed E-state index contributed by atoms with van der Waals surface area (Å²) in [6, 6.07) is 4.13. The highest BCUT2D eigenvalue weighted by Crippen LogP contribution is 2.29. The lowest BCUT2D eigenvalue weighted by molar-refractivity contribution is -0.127. The number of amides is 1. The van der Waals surface area contributed by atoms with Crippen molar-refractivity contribution in [3.05, 3.63) is 18.0 Å². The van der Waals surface area contributed by atoms with E-state index in [0.717, 1.165) is 82.4 Å². The molecule has 5 rings (SSSR count). The molecular formula is C21H31N7O. The number of carbonyl (C=O) groups excluding carboxylic acids is 1. The van der Waals surface area contributed by atoms with Gasteiger partial charge in [0.2, 0.25) is 5.91 Å². The van der Waals surface area contributed by atoms with E-state index in [0.29, 0.717) is 11.8 Å². The molecule has 3 saturated heterocycles. The molecule has 0 N–H and O–H groups in total. The zero-order valence-corrected chi connectivity index (χ0v) is 17.3. The molecule has 156 valence electrons. The lowest BCUT2D eigenvalue weighted by Gasteiger charge is -2.32. The first-order chi connectivity index (χ1) is 14.2. The minimum absolute atomic E-state index is 0.214. The molecule has 0 spiro atoms. The average molecular weight is 398 g/mol. The maximum atomic E-state index is 11.6. The van der Waals surface area contributed by atoms with Gasteiger partial charge in [-0.1, -0.05) is 0 Å². The molecule has 0 bridgehead atoms. The Labute approximate surface area is 171 Å². The summed E-state index contributed by atoms with van der Waals surface area (Å²) in [4.78, 5) is 18.5. The van der Waals surface area contributed by atoms with Gasteiger partial charge in [0.05, 0.1) is 0 Å². The van der Waals surface area contributed by atoms with Gasteiger partial charge in [0.1, 0.15) is 5.82 Å². The fourth-order valence-corrected chi connectivity index (χ4v) is 5.17. The predicted molar refractivity (Wildman–Crippen MR) is 111 cm³/mol. The number of likely N-dealkylation sites (tertiary alicyclic amines) is 2. The first kappa shape index (κ1) is 18.8. The first-order valence-corrected chi connectivity index (χ1v) is 11.1. The Morgan fingerprint density at radius 1 is 1.03 bits per heavy atom. The summed E-state index contributed by atoms with van der Waals surface area (Å²) in [7, 11) is 0. The van der Waals surface area contributed by atoms with Gasteiger partial charge in [-0.2, -0.15) is 4.52 Å². The van der Waals surface area contributed by atoms with Gasteiger partial charge in [0.15, 0.2) is 11.5 Å². The third-order valence-corrected chi connectivity index (χ3v) is 6.90. The van der Waals surface area contributed by atoms with Crippen LogP contribution in [-0.2, 0) is 4.79 Å². The average Bonchev–Trinajstić information content (AvgIpc) is 3.49. The quantitative estimate of drug-likeness (QED) is 0.783. The first-order valence-electron chi connectivity index (χ1n) is 11.1. The normalized spacial score (nSPS) is 24.1. The summed E-state index contributed by atoms with van der Waals surface area (Å²) >= 11 is 0. The second kappa shape index (κ2) is 7.89. The van der Waals surface area contributed by atoms with Crippen molar-refractivity contribution < 1.29 is 4.79 Å². The number of hydrogen-bond donors (Lipinski definition) is 0. The Hall–Kier alpha value is -2.22. The molecule has 8 heteroatoms. The van der Waals surface area contributed by atoms with Crippen LogP contribution in [0.1, 0.15) is 50.8 Å². The van der Waals surface area contributed by atoms with Crippen LogP contribution in [0.4, 0.5) is 5.82 Å². The Bertz CT molecular complexity index is 867. The molecule has 3 aliphatic rings. The standard InChI is InChI=1S/C21H31N7O/c1-16(29)27-13-6-17(15-27)14-25-11-7-18(8-12-25)21-23-22-19-4-5-20(24-28(19)21)26-9-2-3-10-26/h4-5,17-18H,2-3,6-15H2,1H3. The van der Waals surface area contributed by atoms with E-state index in [9.17, 15) is 4.79 Å². The molecule has 2 aromatic heterocycles. The highest BCUT2D eigenvalue weighted by molar-refractivity contribution is 5.73. The minimum atomic E-state index is 0.214. The number of nitrogens with zero attached hydrogens (tertiary/aromatic N) is 7. The van der Waals surface area contributed by atoms with E-state index in [-0.39, 0.29) is 5.91 Å². The van der Waals surface area contributed by atoms with Crippen LogP contribution in [0.2, 0.25) is 0 Å². The van der Waals surface area contributed by atoms with E-state index in [1.165, 1.54) is 12.8 Å². The van der Waals surface area contributed by atoms with Crippen molar-refractivity contribution in [2.24, 2.45) is 5.92 Å². The number of rotatable bonds is 4. The van der Waals surface area contributed by atoms with Gasteiger partial charge in [-0.05, 0) is 63.2 Å². The molecule has 5 heterocycles. The second-order valence-electron chi connectivity index (χ2n) is 8.91. The lowest BCUT2D eigenvalue weighted by atomic mass is 9.95. The summed E-state index contributed by atoms with van der Waals surface area (Å²) in [6.45, 7) is 8.99. The molecule has 0 aliphatic carbocycles. The number of piperidine rings is 1. The molecule has 3 aliphatic heterocycles. The van der Waals surface area contributed by atoms with Crippen LogP contribution in [0.25, 0.3) is 5.65 Å². The molecule has 2 aromatic rings. The van der Waals surface area contributed by atoms with Gasteiger partial charge in [-0.15, -0.1) is 15.3 Å². The van der Waals surface area contributed by atoms with Crippen molar-refractivity contribution in [1.29, 1.82) is 0 Å². The molecule has 1 atom stereocenters. The van der Waals surface area contributed by atoms with Crippen molar-refractivity contribution >= 4 is 17.4 Å². The van der Waals surface area contributed by atoms with E-state index < -0.39 is 0 Å². The Balaban J connectivity index is 1.22. The Morgan fingerprint density at radius 3 is 2.55 bits per heavy atom. The second-order valence-corrected chi connectivity index (χ2v) is 8.91. The molecule has 29 heavy (non-hydrogen) atoms. The van der Waals surface area contributed by atoms with Gasteiger partial charge in [0, 0.05) is 45.6 Å². The Morgan fingerprint density at radius 2 is 1.83 bits per heavy atom. The lowest BCUT2D eigenvalue weighted by Crippen LogP contribution is -2.38. The minimum Gasteiger partial charge on any atom is -0.355 e. The fraction of sp³-hybridized carbons (Fsp3) is 0.714. The molecule has 1 unspecified atom stereocenters. The zero-order chi connectivity index (χ0) is 19.8. The van der Waals surface area contributed by atoms with Gasteiger partial charge in [-0.25, -0.2) is 0 Å². The highest BCUT2D eigenvalue weighted by atomic mass is 16.2. The van der Waals surface area contributed by atoms with E-state index in [1.807, 2.05) is 15.5 Å². The van der Waals surface area contributed by atoms with Crippen LogP contribution in [0.3, 0.4) is 0 Å². The van der Waals surface area contributed by atoms with Gasteiger partial charge in [0.25, 0.3) is 0 Å². The van der Waals surface area contributed by atoms with Crippen LogP contribution in [0.15, 0.2) is 12.1 Å². The van der Waals surface area contributed by atoms with Crippen molar-refractivity contribution in [3.8, 4) is 0 Å². The topological polar surface area (TPSA) is 69.9 Å². The number of anilines is 1. The van der Waals surface area contributed by atoms with Crippen molar-refractivity contribution in [3.63, 3.8) is 0 Å². The summed E-state index contributed by atoms with van der Waals surface area (Å²) in [6.07, 6.45) is 5.83. The predicted octanol–water partition coefficient (Wildman–Crippen LogP) is 1.77. The van der Waals surface area contributed by atoms with Crippen LogP contribution in [0.5, 0.6) is 0 Å².